The quantitative estimate of drug-likeness (QED) is 0.0695. The Bertz CT molecular complexity index is 2560. The van der Waals surface area contributed by atoms with Crippen molar-refractivity contribution in [1.29, 1.82) is 0 Å². The molecule has 7 rings (SSSR count). The normalized spacial score (nSPS) is 16.4. The SMILES string of the molecule is CCOc1cc([C@@H](CS(C)(=O)=O)N2C(=O)c3cccc(NC(=O)CCCCCCNCc4ccc(OCc5scc6c5CN([C@H]5CCC(=O)NC5=O)C6=O)cc4)c3C2=O)ccc1OC. The molecule has 2 atom stereocenters. The van der Waals surface area contributed by atoms with Gasteiger partial charge < -0.3 is 29.7 Å². The molecule has 3 aromatic carbocycles. The van der Waals surface area contributed by atoms with Crippen LogP contribution in [0.5, 0.6) is 17.2 Å². The van der Waals surface area contributed by atoms with Crippen molar-refractivity contribution < 1.29 is 51.4 Å². The fourth-order valence-corrected chi connectivity index (χ4v) is 10.0. The third-order valence-electron chi connectivity index (χ3n) is 11.4. The predicted molar refractivity (Wildman–Crippen MR) is 238 cm³/mol. The molecule has 1 aromatic heterocycles. The van der Waals surface area contributed by atoms with E-state index >= 15 is 0 Å². The van der Waals surface area contributed by atoms with E-state index in [0.29, 0.717) is 67.5 Å². The average molecular weight is 914 g/mol. The van der Waals surface area contributed by atoms with Crippen molar-refractivity contribution in [3.05, 3.63) is 104 Å². The van der Waals surface area contributed by atoms with Gasteiger partial charge >= 0.3 is 0 Å². The van der Waals surface area contributed by atoms with E-state index < -0.39 is 45.4 Å². The summed E-state index contributed by atoms with van der Waals surface area (Å²) in [6.07, 6.45) is 5.03. The number of rotatable bonds is 21. The zero-order chi connectivity index (χ0) is 45.5. The Labute approximate surface area is 375 Å². The molecule has 1 fully saturated rings. The second-order valence-electron chi connectivity index (χ2n) is 15.9. The van der Waals surface area contributed by atoms with Crippen molar-refractivity contribution in [2.24, 2.45) is 0 Å². The number of nitrogens with zero attached hydrogens (tertiary/aromatic N) is 2. The number of ether oxygens (including phenoxy) is 3. The summed E-state index contributed by atoms with van der Waals surface area (Å²) in [7, 11) is -2.21. The summed E-state index contributed by atoms with van der Waals surface area (Å²) in [6.45, 7) is 4.16. The van der Waals surface area contributed by atoms with Crippen molar-refractivity contribution >= 4 is 62.3 Å². The molecule has 4 aromatic rings. The maximum Gasteiger partial charge on any atom is 0.264 e. The lowest BCUT2D eigenvalue weighted by atomic mass is 10.0. The number of fused-ring (bicyclic) bond motifs is 2. The molecule has 3 aliphatic rings. The maximum atomic E-state index is 14.0. The van der Waals surface area contributed by atoms with Crippen LogP contribution in [0.3, 0.4) is 0 Å². The number of hydrogen-bond donors (Lipinski definition) is 3. The average Bonchev–Trinajstić information content (AvgIpc) is 3.90. The number of amides is 6. The van der Waals surface area contributed by atoms with Crippen molar-refractivity contribution in [2.75, 3.05) is 37.6 Å². The van der Waals surface area contributed by atoms with Gasteiger partial charge in [-0.05, 0) is 80.3 Å². The second-order valence-corrected chi connectivity index (χ2v) is 19.1. The van der Waals surface area contributed by atoms with Gasteiger partial charge in [-0.2, -0.15) is 0 Å². The summed E-state index contributed by atoms with van der Waals surface area (Å²) >= 11 is 1.46. The number of unbranched alkanes of at least 4 members (excludes halogenated alkanes) is 3. The van der Waals surface area contributed by atoms with Gasteiger partial charge in [0, 0.05) is 48.0 Å². The molecule has 0 radical (unpaired) electrons. The van der Waals surface area contributed by atoms with Crippen LogP contribution in [0.15, 0.2) is 66.0 Å². The van der Waals surface area contributed by atoms with Gasteiger partial charge in [0.25, 0.3) is 17.7 Å². The lowest BCUT2D eigenvalue weighted by Crippen LogP contribution is -2.52. The first-order valence-electron chi connectivity index (χ1n) is 21.2. The standard InChI is InChI=1S/C46H51N5O11S2/c1-4-61-38-22-29(15-19-37(38)60-2)36(27-64(3,58)59)51-45(56)31-10-9-11-34(42(31)46(51)57)48-40(52)12-7-5-6-8-21-47-23-28-13-16-30(17-14-28)62-25-39-32-24-50(44(55)33(32)26-63-39)35-18-20-41(53)49-43(35)54/h9-11,13-17,19,22,26,35-36,47H,4-8,12,18,20-21,23-25,27H2,1-3H3,(H,48,52)(H,49,53,54)/t35-,36+/m0/s1. The minimum absolute atomic E-state index is 0.0210. The summed E-state index contributed by atoms with van der Waals surface area (Å²) in [4.78, 5) is 81.2. The minimum Gasteiger partial charge on any atom is -0.493 e. The van der Waals surface area contributed by atoms with Gasteiger partial charge in [0.1, 0.15) is 28.2 Å². The lowest BCUT2D eigenvalue weighted by molar-refractivity contribution is -0.137. The van der Waals surface area contributed by atoms with Crippen LogP contribution in [0.4, 0.5) is 5.69 Å². The van der Waals surface area contributed by atoms with Crippen molar-refractivity contribution in [3.63, 3.8) is 0 Å². The monoisotopic (exact) mass is 913 g/mol. The number of piperidine rings is 1. The van der Waals surface area contributed by atoms with Crippen LogP contribution >= 0.6 is 11.3 Å². The topological polar surface area (TPSA) is 207 Å². The number of methoxy groups -OCH3 is 1. The van der Waals surface area contributed by atoms with E-state index in [4.69, 9.17) is 14.2 Å². The number of sulfone groups is 1. The third-order valence-corrected chi connectivity index (χ3v) is 13.3. The van der Waals surface area contributed by atoms with Gasteiger partial charge in [0.15, 0.2) is 11.5 Å². The highest BCUT2D eigenvalue weighted by atomic mass is 32.2. The number of carbonyl (C=O) groups is 6. The smallest absolute Gasteiger partial charge is 0.264 e. The number of nitrogens with one attached hydrogen (secondary N) is 3. The molecule has 64 heavy (non-hydrogen) atoms. The zero-order valence-electron chi connectivity index (χ0n) is 35.9. The van der Waals surface area contributed by atoms with Crippen LogP contribution in [-0.2, 0) is 43.9 Å². The van der Waals surface area contributed by atoms with Crippen molar-refractivity contribution in [1.82, 2.24) is 20.4 Å². The number of thiophene rings is 1. The molecular formula is C46H51N5O11S2. The number of imide groups is 2. The molecule has 338 valence electrons. The van der Waals surface area contributed by atoms with Gasteiger partial charge in [-0.25, -0.2) is 8.42 Å². The van der Waals surface area contributed by atoms with Gasteiger partial charge in [-0.1, -0.05) is 37.1 Å². The molecule has 0 unspecified atom stereocenters. The summed E-state index contributed by atoms with van der Waals surface area (Å²) in [5.74, 6) is -1.66. The van der Waals surface area contributed by atoms with Crippen LogP contribution in [0.2, 0.25) is 0 Å². The largest absolute Gasteiger partial charge is 0.493 e. The fourth-order valence-electron chi connectivity index (χ4n) is 8.18. The molecule has 16 nitrogen and oxygen atoms in total. The van der Waals surface area contributed by atoms with Gasteiger partial charge in [-0.15, -0.1) is 11.3 Å². The van der Waals surface area contributed by atoms with E-state index in [1.807, 2.05) is 24.3 Å². The summed E-state index contributed by atoms with van der Waals surface area (Å²) in [5, 5.41) is 10.4. The van der Waals surface area contributed by atoms with E-state index in [1.54, 1.807) is 47.5 Å². The van der Waals surface area contributed by atoms with Gasteiger partial charge in [0.05, 0.1) is 47.9 Å². The molecule has 4 heterocycles. The highest BCUT2D eigenvalue weighted by molar-refractivity contribution is 7.90. The Morgan fingerprint density at radius 3 is 2.44 bits per heavy atom. The molecule has 0 bridgehead atoms. The van der Waals surface area contributed by atoms with Crippen LogP contribution in [0.25, 0.3) is 0 Å². The molecule has 3 aliphatic heterocycles. The first-order valence-corrected chi connectivity index (χ1v) is 24.2. The Kier molecular flexibility index (Phi) is 14.5. The van der Waals surface area contributed by atoms with E-state index in [1.165, 1.54) is 24.5 Å². The summed E-state index contributed by atoms with van der Waals surface area (Å²) < 4.78 is 42.3. The van der Waals surface area contributed by atoms with Gasteiger partial charge in [-0.3, -0.25) is 39.0 Å². The Morgan fingerprint density at radius 1 is 0.922 bits per heavy atom. The van der Waals surface area contributed by atoms with E-state index in [-0.39, 0.29) is 47.4 Å². The second kappa shape index (κ2) is 20.2. The Morgan fingerprint density at radius 2 is 1.70 bits per heavy atom. The number of carbonyl (C=O) groups excluding carboxylic acids is 6. The number of anilines is 1. The fraction of sp³-hybridized carbons (Fsp3) is 0.391. The maximum absolute atomic E-state index is 14.0. The van der Waals surface area contributed by atoms with Gasteiger partial charge in [0.2, 0.25) is 17.7 Å². The summed E-state index contributed by atoms with van der Waals surface area (Å²) in [6, 6.07) is 15.4. The molecule has 18 heteroatoms. The van der Waals surface area contributed by atoms with E-state index in [9.17, 15) is 37.2 Å². The third kappa shape index (κ3) is 10.5. The highest BCUT2D eigenvalue weighted by Gasteiger charge is 2.44. The summed E-state index contributed by atoms with van der Waals surface area (Å²) in [5.41, 5.74) is 3.21. The van der Waals surface area contributed by atoms with E-state index in [2.05, 4.69) is 16.0 Å². The zero-order valence-corrected chi connectivity index (χ0v) is 37.5. The first-order chi connectivity index (χ1) is 30.8. The Hall–Kier alpha value is -6.11. The lowest BCUT2D eigenvalue weighted by Gasteiger charge is -2.29. The highest BCUT2D eigenvalue weighted by Crippen LogP contribution is 2.39. The molecule has 0 aliphatic carbocycles. The van der Waals surface area contributed by atoms with Crippen LogP contribution < -0.4 is 30.2 Å². The van der Waals surface area contributed by atoms with Crippen LogP contribution in [0, 0.1) is 0 Å². The minimum atomic E-state index is -3.68. The van der Waals surface area contributed by atoms with Crippen LogP contribution in [-0.4, -0.2) is 92.0 Å². The molecular weight excluding hydrogens is 863 g/mol. The van der Waals surface area contributed by atoms with E-state index in [0.717, 1.165) is 53.0 Å². The predicted octanol–water partition coefficient (Wildman–Crippen LogP) is 5.56. The van der Waals surface area contributed by atoms with Crippen molar-refractivity contribution in [2.45, 2.75) is 83.6 Å². The molecule has 0 spiro atoms. The number of benzene rings is 3. The molecule has 6 amide bonds. The Balaban J connectivity index is 0.826. The van der Waals surface area contributed by atoms with Crippen molar-refractivity contribution in [3.8, 4) is 17.2 Å². The number of hydrogen-bond acceptors (Lipinski definition) is 13. The molecule has 3 N–H and O–H groups in total. The first kappa shape index (κ1) is 45.9. The van der Waals surface area contributed by atoms with Crippen LogP contribution in [0.1, 0.15) is 111 Å². The molecule has 0 saturated carbocycles. The molecule has 1 saturated heterocycles.